The molecule has 0 unspecified atom stereocenters. The SMILES string of the molecule is CCCN(CCO)S(=O)(=O)c1cc(C(=O)O)cc(C)c1Br. The van der Waals surface area contributed by atoms with Crippen molar-refractivity contribution in [2.24, 2.45) is 0 Å². The number of halogens is 1. The van der Waals surface area contributed by atoms with E-state index in [-0.39, 0.29) is 30.2 Å². The molecule has 0 radical (unpaired) electrons. The fraction of sp³-hybridized carbons (Fsp3) is 0.462. The third-order valence-corrected chi connectivity index (χ3v) is 6.15. The highest BCUT2D eigenvalue weighted by Gasteiger charge is 2.27. The molecule has 0 spiro atoms. The van der Waals surface area contributed by atoms with Crippen molar-refractivity contribution in [2.75, 3.05) is 19.7 Å². The molecule has 0 atom stereocenters. The number of carbonyl (C=O) groups is 1. The van der Waals surface area contributed by atoms with E-state index in [0.717, 1.165) is 10.4 Å². The van der Waals surface area contributed by atoms with Gasteiger partial charge in [0, 0.05) is 17.6 Å². The van der Waals surface area contributed by atoms with Crippen LogP contribution in [0.3, 0.4) is 0 Å². The molecule has 0 amide bonds. The zero-order valence-corrected chi connectivity index (χ0v) is 14.2. The first kappa shape index (κ1) is 18.1. The smallest absolute Gasteiger partial charge is 0.335 e. The number of aliphatic hydroxyl groups excluding tert-OH is 1. The number of aliphatic hydroxyl groups is 1. The van der Waals surface area contributed by atoms with Crippen molar-refractivity contribution in [1.29, 1.82) is 0 Å². The lowest BCUT2D eigenvalue weighted by Crippen LogP contribution is -2.34. The lowest BCUT2D eigenvalue weighted by Gasteiger charge is -2.22. The van der Waals surface area contributed by atoms with Gasteiger partial charge in [0.05, 0.1) is 17.1 Å². The standard InChI is InChI=1S/C13H18BrNO5S/c1-3-4-15(5-6-16)21(19,20)11-8-10(13(17)18)7-9(2)12(11)14/h7-8,16H,3-6H2,1-2H3,(H,17,18). The van der Waals surface area contributed by atoms with Crippen LogP contribution in [0.4, 0.5) is 0 Å². The maximum absolute atomic E-state index is 12.7. The third kappa shape index (κ3) is 4.03. The third-order valence-electron chi connectivity index (χ3n) is 2.91. The Hall–Kier alpha value is -0.960. The van der Waals surface area contributed by atoms with Crippen molar-refractivity contribution >= 4 is 31.9 Å². The van der Waals surface area contributed by atoms with Gasteiger partial charge in [-0.05, 0) is 47.0 Å². The Morgan fingerprint density at radius 2 is 1.95 bits per heavy atom. The molecule has 0 bridgehead atoms. The molecular formula is C13H18BrNO5S. The largest absolute Gasteiger partial charge is 0.478 e. The number of rotatable bonds is 7. The summed E-state index contributed by atoms with van der Waals surface area (Å²) in [6, 6.07) is 2.54. The van der Waals surface area contributed by atoms with E-state index >= 15 is 0 Å². The van der Waals surface area contributed by atoms with Crippen LogP contribution in [-0.2, 0) is 10.0 Å². The van der Waals surface area contributed by atoms with Gasteiger partial charge in [-0.25, -0.2) is 13.2 Å². The van der Waals surface area contributed by atoms with Crippen LogP contribution in [0.2, 0.25) is 0 Å². The molecule has 6 nitrogen and oxygen atoms in total. The molecule has 1 aromatic rings. The highest BCUT2D eigenvalue weighted by atomic mass is 79.9. The maximum atomic E-state index is 12.7. The Balaban J connectivity index is 3.45. The number of hydrogen-bond acceptors (Lipinski definition) is 4. The number of aryl methyl sites for hydroxylation is 1. The van der Waals surface area contributed by atoms with Crippen LogP contribution in [0.15, 0.2) is 21.5 Å². The minimum atomic E-state index is -3.87. The number of hydrogen-bond donors (Lipinski definition) is 2. The summed E-state index contributed by atoms with van der Waals surface area (Å²) in [5, 5.41) is 18.1. The molecule has 0 heterocycles. The lowest BCUT2D eigenvalue weighted by atomic mass is 10.1. The van der Waals surface area contributed by atoms with Crippen LogP contribution >= 0.6 is 15.9 Å². The van der Waals surface area contributed by atoms with E-state index in [1.54, 1.807) is 6.92 Å². The predicted octanol–water partition coefficient (Wildman–Crippen LogP) is 1.85. The average Bonchev–Trinajstić information content (AvgIpc) is 2.40. The molecule has 1 rings (SSSR count). The summed E-state index contributed by atoms with van der Waals surface area (Å²) in [4.78, 5) is 11.0. The van der Waals surface area contributed by atoms with Gasteiger partial charge in [-0.2, -0.15) is 4.31 Å². The van der Waals surface area contributed by atoms with Gasteiger partial charge in [0.1, 0.15) is 0 Å². The molecule has 0 fully saturated rings. The molecule has 0 aliphatic heterocycles. The van der Waals surface area contributed by atoms with Gasteiger partial charge >= 0.3 is 5.97 Å². The normalized spacial score (nSPS) is 11.9. The molecule has 0 aliphatic carbocycles. The van der Waals surface area contributed by atoms with Gasteiger partial charge in [0.2, 0.25) is 10.0 Å². The minimum absolute atomic E-state index is 0.0288. The summed E-state index contributed by atoms with van der Waals surface area (Å²) in [7, 11) is -3.87. The maximum Gasteiger partial charge on any atom is 0.335 e. The van der Waals surface area contributed by atoms with Gasteiger partial charge in [0.15, 0.2) is 0 Å². The molecule has 118 valence electrons. The summed E-state index contributed by atoms with van der Waals surface area (Å²) in [5.74, 6) is -1.19. The molecule has 8 heteroatoms. The first-order valence-electron chi connectivity index (χ1n) is 6.40. The highest BCUT2D eigenvalue weighted by Crippen LogP contribution is 2.29. The second-order valence-corrected chi connectivity index (χ2v) is 7.24. The van der Waals surface area contributed by atoms with Gasteiger partial charge in [0.25, 0.3) is 0 Å². The van der Waals surface area contributed by atoms with Crippen molar-refractivity contribution < 1.29 is 23.4 Å². The van der Waals surface area contributed by atoms with E-state index in [4.69, 9.17) is 10.2 Å². The van der Waals surface area contributed by atoms with E-state index in [0.29, 0.717) is 16.5 Å². The number of benzene rings is 1. The predicted molar refractivity (Wildman–Crippen MR) is 82.0 cm³/mol. The number of sulfonamides is 1. The Labute approximate surface area is 132 Å². The van der Waals surface area contributed by atoms with Crippen molar-refractivity contribution in [3.63, 3.8) is 0 Å². The van der Waals surface area contributed by atoms with Crippen LogP contribution in [0.5, 0.6) is 0 Å². The fourth-order valence-electron chi connectivity index (χ4n) is 1.90. The van der Waals surface area contributed by atoms with Crippen LogP contribution in [0.1, 0.15) is 29.3 Å². The summed E-state index contributed by atoms with van der Waals surface area (Å²) in [6.07, 6.45) is 0.592. The number of aromatic carboxylic acids is 1. The second kappa shape index (κ2) is 7.35. The van der Waals surface area contributed by atoms with E-state index < -0.39 is 16.0 Å². The molecule has 0 aliphatic rings. The first-order valence-corrected chi connectivity index (χ1v) is 8.63. The van der Waals surface area contributed by atoms with Crippen molar-refractivity contribution in [3.8, 4) is 0 Å². The zero-order valence-electron chi connectivity index (χ0n) is 11.8. The molecule has 0 saturated heterocycles. The van der Waals surface area contributed by atoms with Crippen molar-refractivity contribution in [3.05, 3.63) is 27.7 Å². The van der Waals surface area contributed by atoms with Crippen LogP contribution < -0.4 is 0 Å². The van der Waals surface area contributed by atoms with Crippen molar-refractivity contribution in [2.45, 2.75) is 25.2 Å². The molecule has 0 saturated carbocycles. The number of carboxylic acids is 1. The summed E-state index contributed by atoms with van der Waals surface area (Å²) in [5.41, 5.74) is 0.434. The Kier molecular flexibility index (Phi) is 6.33. The summed E-state index contributed by atoms with van der Waals surface area (Å²) < 4.78 is 26.8. The molecular weight excluding hydrogens is 362 g/mol. The van der Waals surface area contributed by atoms with E-state index in [1.165, 1.54) is 6.07 Å². The Morgan fingerprint density at radius 3 is 2.43 bits per heavy atom. The van der Waals surface area contributed by atoms with Gasteiger partial charge < -0.3 is 10.2 Å². The van der Waals surface area contributed by atoms with Crippen molar-refractivity contribution in [1.82, 2.24) is 4.31 Å². The summed E-state index contributed by atoms with van der Waals surface area (Å²) >= 11 is 3.21. The molecule has 21 heavy (non-hydrogen) atoms. The molecule has 1 aromatic carbocycles. The number of nitrogens with zero attached hydrogens (tertiary/aromatic N) is 1. The van der Waals surface area contributed by atoms with Crippen LogP contribution in [0.25, 0.3) is 0 Å². The first-order chi connectivity index (χ1) is 9.75. The van der Waals surface area contributed by atoms with Crippen LogP contribution in [-0.4, -0.2) is 48.6 Å². The lowest BCUT2D eigenvalue weighted by molar-refractivity contribution is 0.0696. The molecule has 0 aromatic heterocycles. The van der Waals surface area contributed by atoms with E-state index in [9.17, 15) is 13.2 Å². The highest BCUT2D eigenvalue weighted by molar-refractivity contribution is 9.10. The van der Waals surface area contributed by atoms with Crippen LogP contribution in [0, 0.1) is 6.92 Å². The monoisotopic (exact) mass is 379 g/mol. The minimum Gasteiger partial charge on any atom is -0.478 e. The van der Waals surface area contributed by atoms with E-state index in [1.807, 2.05) is 6.92 Å². The number of carboxylic acid groups (broad SMARTS) is 1. The topological polar surface area (TPSA) is 94.9 Å². The van der Waals surface area contributed by atoms with E-state index in [2.05, 4.69) is 15.9 Å². The van der Waals surface area contributed by atoms with Gasteiger partial charge in [-0.1, -0.05) is 6.92 Å². The zero-order chi connectivity index (χ0) is 16.2. The van der Waals surface area contributed by atoms with Gasteiger partial charge in [-0.3, -0.25) is 0 Å². The average molecular weight is 380 g/mol. The Bertz CT molecular complexity index is 624. The Morgan fingerprint density at radius 1 is 1.33 bits per heavy atom. The summed E-state index contributed by atoms with van der Waals surface area (Å²) in [6.45, 7) is 3.39. The fourth-order valence-corrected chi connectivity index (χ4v) is 4.43. The van der Waals surface area contributed by atoms with Gasteiger partial charge in [-0.15, -0.1) is 0 Å². The quantitative estimate of drug-likeness (QED) is 0.753. The molecule has 2 N–H and O–H groups in total. The second-order valence-electron chi connectivity index (χ2n) is 4.54.